The molecule has 0 aliphatic carbocycles. The van der Waals surface area contributed by atoms with E-state index in [4.69, 9.17) is 0 Å². The first kappa shape index (κ1) is 12.5. The number of rotatable bonds is 2. The van der Waals surface area contributed by atoms with Gasteiger partial charge in [-0.1, -0.05) is 44.2 Å². The summed E-state index contributed by atoms with van der Waals surface area (Å²) in [7, 11) is 0. The maximum atomic E-state index is 9.31. The second-order valence-electron chi connectivity index (χ2n) is 6.00. The minimum Gasteiger partial charge on any atom is -0.395 e. The Morgan fingerprint density at radius 2 is 1.89 bits per heavy atom. The van der Waals surface area contributed by atoms with E-state index in [0.29, 0.717) is 12.6 Å². The van der Waals surface area contributed by atoms with Crippen LogP contribution in [0, 0.1) is 0 Å². The summed E-state index contributed by atoms with van der Waals surface area (Å²) in [5.74, 6) is 0. The van der Waals surface area contributed by atoms with Crippen molar-refractivity contribution in [2.45, 2.75) is 32.2 Å². The van der Waals surface area contributed by atoms with Crippen molar-refractivity contribution in [3.63, 3.8) is 0 Å². The number of anilines is 1. The average Bonchev–Trinajstić information content (AvgIpc) is 2.60. The van der Waals surface area contributed by atoms with E-state index in [1.54, 1.807) is 0 Å². The molecule has 0 amide bonds. The SMILES string of the molecule is CC1N(CCO)c2ccc3ccccc3c2C1(C)C. The number of aliphatic hydroxyl groups is 1. The number of hydrogen-bond donors (Lipinski definition) is 1. The van der Waals surface area contributed by atoms with Crippen molar-refractivity contribution >= 4 is 16.5 Å². The van der Waals surface area contributed by atoms with E-state index in [1.165, 1.54) is 22.0 Å². The van der Waals surface area contributed by atoms with Crippen LogP contribution in [0.3, 0.4) is 0 Å². The normalized spacial score (nSPS) is 20.8. The van der Waals surface area contributed by atoms with Crippen LogP contribution in [-0.2, 0) is 5.41 Å². The van der Waals surface area contributed by atoms with Crippen LogP contribution in [0.15, 0.2) is 36.4 Å². The lowest BCUT2D eigenvalue weighted by Gasteiger charge is -2.31. The third-order valence-corrected chi connectivity index (χ3v) is 4.71. The van der Waals surface area contributed by atoms with Crippen molar-refractivity contribution < 1.29 is 5.11 Å². The molecule has 2 nitrogen and oxygen atoms in total. The molecule has 1 atom stereocenters. The van der Waals surface area contributed by atoms with Crippen LogP contribution < -0.4 is 4.90 Å². The molecule has 2 aromatic rings. The Morgan fingerprint density at radius 3 is 2.63 bits per heavy atom. The van der Waals surface area contributed by atoms with Crippen molar-refractivity contribution in [3.05, 3.63) is 42.0 Å². The van der Waals surface area contributed by atoms with Gasteiger partial charge in [-0.05, 0) is 29.3 Å². The van der Waals surface area contributed by atoms with Gasteiger partial charge in [-0.25, -0.2) is 0 Å². The van der Waals surface area contributed by atoms with Crippen molar-refractivity contribution in [2.75, 3.05) is 18.1 Å². The predicted molar refractivity (Wildman–Crippen MR) is 80.9 cm³/mol. The van der Waals surface area contributed by atoms with Crippen molar-refractivity contribution in [1.29, 1.82) is 0 Å². The van der Waals surface area contributed by atoms with Gasteiger partial charge in [0.25, 0.3) is 0 Å². The highest BCUT2D eigenvalue weighted by Gasteiger charge is 2.42. The topological polar surface area (TPSA) is 23.5 Å². The van der Waals surface area contributed by atoms with Gasteiger partial charge < -0.3 is 10.0 Å². The summed E-state index contributed by atoms with van der Waals surface area (Å²) in [5, 5.41) is 12.0. The zero-order chi connectivity index (χ0) is 13.6. The molecule has 2 aromatic carbocycles. The molecule has 1 aliphatic heterocycles. The summed E-state index contributed by atoms with van der Waals surface area (Å²) in [5.41, 5.74) is 2.81. The lowest BCUT2D eigenvalue weighted by Crippen LogP contribution is -2.40. The third kappa shape index (κ3) is 1.67. The van der Waals surface area contributed by atoms with Crippen LogP contribution in [0.2, 0.25) is 0 Å². The Hall–Kier alpha value is -1.54. The summed E-state index contributed by atoms with van der Waals surface area (Å²) in [6.45, 7) is 7.77. The Balaban J connectivity index is 2.29. The fourth-order valence-electron chi connectivity index (χ4n) is 3.41. The largest absolute Gasteiger partial charge is 0.395 e. The molecule has 0 bridgehead atoms. The molecule has 1 unspecified atom stereocenters. The average molecular weight is 255 g/mol. The number of β-amino-alcohol motifs (C(OH)–C–C–N with tert-alkyl or cyclic N) is 1. The molecule has 0 spiro atoms. The van der Waals surface area contributed by atoms with Crippen LogP contribution in [0.1, 0.15) is 26.3 Å². The molecule has 0 aromatic heterocycles. The van der Waals surface area contributed by atoms with Crippen molar-refractivity contribution in [2.24, 2.45) is 0 Å². The van der Waals surface area contributed by atoms with E-state index < -0.39 is 0 Å². The fraction of sp³-hybridized carbons (Fsp3) is 0.412. The number of hydrogen-bond acceptors (Lipinski definition) is 2. The monoisotopic (exact) mass is 255 g/mol. The fourth-order valence-corrected chi connectivity index (χ4v) is 3.41. The van der Waals surface area contributed by atoms with Crippen LogP contribution >= 0.6 is 0 Å². The van der Waals surface area contributed by atoms with Crippen molar-refractivity contribution in [3.8, 4) is 0 Å². The lowest BCUT2D eigenvalue weighted by atomic mass is 9.79. The first-order valence-corrected chi connectivity index (χ1v) is 6.97. The summed E-state index contributed by atoms with van der Waals surface area (Å²) in [6.07, 6.45) is 0. The third-order valence-electron chi connectivity index (χ3n) is 4.71. The molecule has 3 rings (SSSR count). The minimum absolute atomic E-state index is 0.103. The zero-order valence-corrected chi connectivity index (χ0v) is 11.9. The maximum Gasteiger partial charge on any atom is 0.0606 e. The van der Waals surface area contributed by atoms with Crippen molar-refractivity contribution in [1.82, 2.24) is 0 Å². The Labute approximate surface area is 114 Å². The van der Waals surface area contributed by atoms with E-state index in [9.17, 15) is 5.11 Å². The predicted octanol–water partition coefficient (Wildman–Crippen LogP) is 3.32. The molecule has 0 radical (unpaired) electrons. The van der Waals surface area contributed by atoms with Gasteiger partial charge in [0, 0.05) is 23.7 Å². The van der Waals surface area contributed by atoms with E-state index >= 15 is 0 Å². The van der Waals surface area contributed by atoms with Gasteiger partial charge in [0.1, 0.15) is 0 Å². The summed E-state index contributed by atoms with van der Waals surface area (Å²) >= 11 is 0. The Kier molecular flexibility index (Phi) is 2.79. The number of fused-ring (bicyclic) bond motifs is 3. The molecule has 2 heteroatoms. The van der Waals surface area contributed by atoms with E-state index in [0.717, 1.165) is 0 Å². The molecule has 0 fully saturated rings. The number of aliphatic hydroxyl groups excluding tert-OH is 1. The molecule has 19 heavy (non-hydrogen) atoms. The first-order chi connectivity index (χ1) is 9.07. The van der Waals surface area contributed by atoms with Crippen LogP contribution in [0.5, 0.6) is 0 Å². The molecule has 0 saturated heterocycles. The molecule has 1 heterocycles. The first-order valence-electron chi connectivity index (χ1n) is 6.97. The van der Waals surface area contributed by atoms with Gasteiger partial charge in [-0.2, -0.15) is 0 Å². The van der Waals surface area contributed by atoms with Crippen LogP contribution in [0.4, 0.5) is 5.69 Å². The summed E-state index contributed by atoms with van der Waals surface area (Å²) in [4.78, 5) is 2.34. The van der Waals surface area contributed by atoms with Gasteiger partial charge in [-0.15, -0.1) is 0 Å². The Bertz CT molecular complexity index is 618. The van der Waals surface area contributed by atoms with E-state index in [2.05, 4.69) is 62.1 Å². The lowest BCUT2D eigenvalue weighted by molar-refractivity contribution is 0.293. The number of nitrogens with zero attached hydrogens (tertiary/aromatic N) is 1. The second kappa shape index (κ2) is 4.24. The summed E-state index contributed by atoms with van der Waals surface area (Å²) < 4.78 is 0. The molecule has 1 aliphatic rings. The zero-order valence-electron chi connectivity index (χ0n) is 11.9. The van der Waals surface area contributed by atoms with Crippen LogP contribution in [-0.4, -0.2) is 24.3 Å². The summed E-state index contributed by atoms with van der Waals surface area (Å²) in [6, 6.07) is 13.4. The minimum atomic E-state index is 0.103. The Morgan fingerprint density at radius 1 is 1.16 bits per heavy atom. The van der Waals surface area contributed by atoms with Gasteiger partial charge in [0.2, 0.25) is 0 Å². The van der Waals surface area contributed by atoms with Gasteiger partial charge in [0.05, 0.1) is 6.61 Å². The molecule has 0 saturated carbocycles. The number of benzene rings is 2. The maximum absolute atomic E-state index is 9.31. The molecule has 100 valence electrons. The smallest absolute Gasteiger partial charge is 0.0606 e. The highest BCUT2D eigenvalue weighted by molar-refractivity contribution is 5.93. The van der Waals surface area contributed by atoms with Gasteiger partial charge in [0.15, 0.2) is 0 Å². The van der Waals surface area contributed by atoms with E-state index in [-0.39, 0.29) is 12.0 Å². The quantitative estimate of drug-likeness (QED) is 0.890. The van der Waals surface area contributed by atoms with Crippen LogP contribution in [0.25, 0.3) is 10.8 Å². The molecular formula is C17H21NO. The highest BCUT2D eigenvalue weighted by atomic mass is 16.3. The highest BCUT2D eigenvalue weighted by Crippen LogP contribution is 2.48. The molecular weight excluding hydrogens is 234 g/mol. The molecule has 1 N–H and O–H groups in total. The second-order valence-corrected chi connectivity index (χ2v) is 6.00. The van der Waals surface area contributed by atoms with E-state index in [1.807, 2.05) is 0 Å². The van der Waals surface area contributed by atoms with Gasteiger partial charge >= 0.3 is 0 Å². The van der Waals surface area contributed by atoms with Gasteiger partial charge in [-0.3, -0.25) is 0 Å². The standard InChI is InChI=1S/C17H21NO/c1-12-17(2,3)16-14-7-5-4-6-13(14)8-9-15(16)18(12)10-11-19/h4-9,12,19H,10-11H2,1-3H3.